The van der Waals surface area contributed by atoms with Crippen LogP contribution >= 0.6 is 0 Å². The maximum Gasteiger partial charge on any atom is 0.235 e. The van der Waals surface area contributed by atoms with Crippen LogP contribution < -0.4 is 0 Å². The second kappa shape index (κ2) is 14.7. The van der Waals surface area contributed by atoms with Gasteiger partial charge in [0.1, 0.15) is 0 Å². The zero-order valence-electron chi connectivity index (χ0n) is 33.7. The van der Waals surface area contributed by atoms with Gasteiger partial charge in [-0.1, -0.05) is 182 Å². The third-order valence-corrected chi connectivity index (χ3v) is 12.2. The fourth-order valence-corrected chi connectivity index (χ4v) is 9.23. The fraction of sp³-hybridized carbons (Fsp3) is 0. The standard InChI is InChI=1S/C58H38N4/c1-4-15-39(16-5-1)41-27-31-43(32-28-41)51-38-52(44-33-29-42(30-34-44)40-17-6-2-7-18-40)60-58(59-51)62-54-25-13-11-22-49(54)57-47(23-14-26-56(57)62)45-35-36-55-50(37-45)48-21-10-12-24-53(48)61(55)46-19-8-3-9-20-46/h1-38H. The maximum absolute atomic E-state index is 5.40. The molecule has 0 fully saturated rings. The normalized spacial score (nSPS) is 11.5. The molecule has 4 heteroatoms. The Balaban J connectivity index is 1.05. The summed E-state index contributed by atoms with van der Waals surface area (Å²) in [7, 11) is 0. The first-order valence-electron chi connectivity index (χ1n) is 21.1. The number of hydrogen-bond donors (Lipinski definition) is 0. The molecule has 0 saturated carbocycles. The van der Waals surface area contributed by atoms with Crippen molar-refractivity contribution in [2.75, 3.05) is 0 Å². The fourth-order valence-electron chi connectivity index (χ4n) is 9.23. The molecule has 9 aromatic carbocycles. The van der Waals surface area contributed by atoms with Gasteiger partial charge in [0.05, 0.1) is 33.5 Å². The summed E-state index contributed by atoms with van der Waals surface area (Å²) in [6, 6.07) is 82.1. The highest BCUT2D eigenvalue weighted by Gasteiger charge is 2.21. The Labute approximate surface area is 359 Å². The summed E-state index contributed by atoms with van der Waals surface area (Å²) in [5, 5.41) is 4.78. The van der Waals surface area contributed by atoms with Crippen LogP contribution in [-0.2, 0) is 0 Å². The Morgan fingerprint density at radius 3 is 1.34 bits per heavy atom. The number of aromatic nitrogens is 4. The number of rotatable bonds is 7. The van der Waals surface area contributed by atoms with E-state index in [1.165, 1.54) is 43.9 Å². The van der Waals surface area contributed by atoms with Crippen LogP contribution in [0.5, 0.6) is 0 Å². The molecule has 0 aliphatic rings. The zero-order chi connectivity index (χ0) is 41.0. The molecule has 0 saturated heterocycles. The van der Waals surface area contributed by atoms with Crippen LogP contribution in [0.2, 0.25) is 0 Å². The first-order chi connectivity index (χ1) is 30.7. The minimum atomic E-state index is 0.626. The van der Waals surface area contributed by atoms with Crippen LogP contribution in [0.25, 0.3) is 111 Å². The summed E-state index contributed by atoms with van der Waals surface area (Å²) in [6.45, 7) is 0. The van der Waals surface area contributed by atoms with Crippen molar-refractivity contribution in [3.8, 4) is 67.5 Å². The lowest BCUT2D eigenvalue weighted by atomic mass is 9.98. The number of hydrogen-bond acceptors (Lipinski definition) is 2. The van der Waals surface area contributed by atoms with Gasteiger partial charge in [-0.05, 0) is 81.9 Å². The maximum atomic E-state index is 5.40. The molecule has 290 valence electrons. The average molecular weight is 791 g/mol. The quantitative estimate of drug-likeness (QED) is 0.161. The van der Waals surface area contributed by atoms with E-state index in [-0.39, 0.29) is 0 Å². The van der Waals surface area contributed by atoms with Crippen molar-refractivity contribution >= 4 is 43.6 Å². The van der Waals surface area contributed by atoms with Crippen LogP contribution in [0.4, 0.5) is 0 Å². The molecule has 0 amide bonds. The molecular formula is C58H38N4. The van der Waals surface area contributed by atoms with Crippen molar-refractivity contribution in [2.24, 2.45) is 0 Å². The predicted molar refractivity (Wildman–Crippen MR) is 258 cm³/mol. The summed E-state index contributed by atoms with van der Waals surface area (Å²) in [5.41, 5.74) is 16.4. The second-order valence-electron chi connectivity index (χ2n) is 15.8. The molecule has 12 aromatic rings. The van der Waals surface area contributed by atoms with Gasteiger partial charge in [0, 0.05) is 38.4 Å². The van der Waals surface area contributed by atoms with E-state index in [4.69, 9.17) is 9.97 Å². The summed E-state index contributed by atoms with van der Waals surface area (Å²) in [5.74, 6) is 0.626. The second-order valence-corrected chi connectivity index (χ2v) is 15.8. The molecular weight excluding hydrogens is 753 g/mol. The van der Waals surface area contributed by atoms with E-state index in [0.717, 1.165) is 61.3 Å². The van der Waals surface area contributed by atoms with E-state index < -0.39 is 0 Å². The monoisotopic (exact) mass is 790 g/mol. The first kappa shape index (κ1) is 35.6. The molecule has 0 N–H and O–H groups in total. The summed E-state index contributed by atoms with van der Waals surface area (Å²) in [6.07, 6.45) is 0. The van der Waals surface area contributed by atoms with E-state index in [1.54, 1.807) is 0 Å². The lowest BCUT2D eigenvalue weighted by Crippen LogP contribution is -2.04. The van der Waals surface area contributed by atoms with Gasteiger partial charge in [-0.25, -0.2) is 9.97 Å². The molecule has 0 spiro atoms. The number of nitrogens with zero attached hydrogens (tertiary/aromatic N) is 4. The Morgan fingerprint density at radius 2 is 0.726 bits per heavy atom. The highest BCUT2D eigenvalue weighted by atomic mass is 15.2. The molecule has 12 rings (SSSR count). The van der Waals surface area contributed by atoms with Gasteiger partial charge in [-0.15, -0.1) is 0 Å². The summed E-state index contributed by atoms with van der Waals surface area (Å²) in [4.78, 5) is 10.8. The van der Waals surface area contributed by atoms with Crippen molar-refractivity contribution in [2.45, 2.75) is 0 Å². The number of benzene rings is 9. The Bertz CT molecular complexity index is 3490. The van der Waals surface area contributed by atoms with Gasteiger partial charge in [-0.2, -0.15) is 0 Å². The van der Waals surface area contributed by atoms with Gasteiger partial charge >= 0.3 is 0 Å². The number of fused-ring (bicyclic) bond motifs is 6. The molecule has 62 heavy (non-hydrogen) atoms. The van der Waals surface area contributed by atoms with E-state index >= 15 is 0 Å². The Hall–Kier alpha value is -8.34. The molecule has 0 radical (unpaired) electrons. The number of para-hydroxylation sites is 3. The van der Waals surface area contributed by atoms with Crippen molar-refractivity contribution in [1.82, 2.24) is 19.1 Å². The smallest absolute Gasteiger partial charge is 0.235 e. The van der Waals surface area contributed by atoms with Gasteiger partial charge in [0.15, 0.2) is 0 Å². The zero-order valence-corrected chi connectivity index (χ0v) is 33.7. The van der Waals surface area contributed by atoms with Gasteiger partial charge in [-0.3, -0.25) is 4.57 Å². The third kappa shape index (κ3) is 6.00. The van der Waals surface area contributed by atoms with Gasteiger partial charge < -0.3 is 4.57 Å². The van der Waals surface area contributed by atoms with E-state index in [1.807, 2.05) is 0 Å². The highest BCUT2D eigenvalue weighted by Crippen LogP contribution is 2.41. The van der Waals surface area contributed by atoms with Crippen LogP contribution in [0.3, 0.4) is 0 Å². The predicted octanol–water partition coefficient (Wildman–Crippen LogP) is 15.0. The molecule has 3 heterocycles. The molecule has 0 unspecified atom stereocenters. The van der Waals surface area contributed by atoms with Crippen LogP contribution in [0, 0.1) is 0 Å². The lowest BCUT2D eigenvalue weighted by Gasteiger charge is -2.13. The molecule has 0 aliphatic heterocycles. The van der Waals surface area contributed by atoms with Crippen LogP contribution in [0.1, 0.15) is 0 Å². The van der Waals surface area contributed by atoms with Crippen LogP contribution in [0.15, 0.2) is 231 Å². The van der Waals surface area contributed by atoms with Crippen molar-refractivity contribution in [3.05, 3.63) is 231 Å². The van der Waals surface area contributed by atoms with E-state index in [9.17, 15) is 0 Å². The molecule has 0 atom stereocenters. The Morgan fingerprint density at radius 1 is 0.274 bits per heavy atom. The first-order valence-corrected chi connectivity index (χ1v) is 21.1. The van der Waals surface area contributed by atoms with Crippen molar-refractivity contribution in [3.63, 3.8) is 0 Å². The van der Waals surface area contributed by atoms with Gasteiger partial charge in [0.2, 0.25) is 5.95 Å². The van der Waals surface area contributed by atoms with Gasteiger partial charge in [0.25, 0.3) is 0 Å². The van der Waals surface area contributed by atoms with Crippen molar-refractivity contribution < 1.29 is 0 Å². The minimum Gasteiger partial charge on any atom is -0.309 e. The lowest BCUT2D eigenvalue weighted by molar-refractivity contribution is 0.996. The molecule has 0 aliphatic carbocycles. The largest absolute Gasteiger partial charge is 0.309 e. The molecule has 0 bridgehead atoms. The van der Waals surface area contributed by atoms with E-state index in [2.05, 4.69) is 240 Å². The summed E-state index contributed by atoms with van der Waals surface area (Å²) >= 11 is 0. The molecule has 3 aromatic heterocycles. The SMILES string of the molecule is c1ccc(-c2ccc(-c3cc(-c4ccc(-c5ccccc5)cc4)nc(-n4c5ccccc5c5c(-c6ccc7c(c6)c6ccccc6n7-c6ccccc6)cccc54)n3)cc2)cc1. The molecule has 4 nitrogen and oxygen atoms in total. The topological polar surface area (TPSA) is 35.6 Å². The summed E-state index contributed by atoms with van der Waals surface area (Å²) < 4.78 is 4.62. The van der Waals surface area contributed by atoms with E-state index in [0.29, 0.717) is 5.95 Å². The minimum absolute atomic E-state index is 0.626. The van der Waals surface area contributed by atoms with Crippen molar-refractivity contribution in [1.29, 1.82) is 0 Å². The van der Waals surface area contributed by atoms with Crippen LogP contribution in [-0.4, -0.2) is 19.1 Å². The highest BCUT2D eigenvalue weighted by molar-refractivity contribution is 6.17. The third-order valence-electron chi connectivity index (χ3n) is 12.2. The Kier molecular flexibility index (Phi) is 8.46. The average Bonchev–Trinajstić information content (AvgIpc) is 3.88.